The lowest BCUT2D eigenvalue weighted by molar-refractivity contribution is -0.146. The Kier molecular flexibility index (Phi) is 22.6. The number of anilines is 2. The first-order chi connectivity index (χ1) is 42.5. The van der Waals surface area contributed by atoms with Crippen molar-refractivity contribution in [2.24, 2.45) is 11.3 Å². The van der Waals surface area contributed by atoms with Crippen molar-refractivity contribution in [2.45, 2.75) is 110 Å². The number of halogens is 2. The van der Waals surface area contributed by atoms with Gasteiger partial charge >= 0.3 is 0 Å². The number of nitrogens with one attached hydrogen (secondary N) is 5. The van der Waals surface area contributed by atoms with Crippen molar-refractivity contribution in [3.05, 3.63) is 137 Å². The quantitative estimate of drug-likeness (QED) is 0.0249. The van der Waals surface area contributed by atoms with Crippen molar-refractivity contribution in [3.63, 3.8) is 0 Å². The molecule has 23 heteroatoms. The fourth-order valence-corrected chi connectivity index (χ4v) is 10.6. The Morgan fingerprint density at radius 3 is 2.23 bits per heavy atom. The van der Waals surface area contributed by atoms with E-state index in [1.54, 1.807) is 49.3 Å². The molecule has 3 aromatic carbocycles. The third kappa shape index (κ3) is 17.6. The van der Waals surface area contributed by atoms with E-state index in [0.717, 1.165) is 43.2 Å². The Morgan fingerprint density at radius 2 is 1.52 bits per heavy atom. The molecule has 1 aliphatic heterocycles. The minimum atomic E-state index is -3.00. The standard InChI is InChI=1S/C65H80F2N10O11/c1-41(68-5)60(79)74-58(65(2,3)4)64(82)76-38-48-33-50(20-17-45(48)34-54(76)55(78)35-46-11-8-10-43-9-6-7-12-51(43)46)87-32-31-86-30-29-85-28-27-84-26-25-83-24-23-70-61(80)44-15-18-49(19-16-44)77-39-52(57(75-77)59(66)67)72-62(81)53-40-88-63(73-53)47-21-22-69-56(36-47)71-37-42-13-14-42/h6-7,9,12,15-22,33,36,39-42,46,54,58-59,68H,8,10-11,13-14,23-32,34-35,37-38H2,1-5H3,(H,69,71)(H,70,80)(H,72,81)(H,74,79)/t41-,46-,54-,58+/m0/s1. The second-order valence-electron chi connectivity index (χ2n) is 23.4. The Bertz CT molecular complexity index is 3330. The molecule has 0 spiro atoms. The minimum Gasteiger partial charge on any atom is -0.491 e. The van der Waals surface area contributed by atoms with E-state index < -0.39 is 41.6 Å². The number of ketones is 1. The molecular weight excluding hydrogens is 1130 g/mol. The van der Waals surface area contributed by atoms with Gasteiger partial charge in [0, 0.05) is 49.8 Å². The van der Waals surface area contributed by atoms with Crippen molar-refractivity contribution >= 4 is 40.9 Å². The lowest BCUT2D eigenvalue weighted by Crippen LogP contribution is -2.60. The molecule has 0 bridgehead atoms. The molecule has 1 fully saturated rings. The van der Waals surface area contributed by atoms with Crippen LogP contribution in [0.25, 0.3) is 17.1 Å². The number of fused-ring (bicyclic) bond motifs is 2. The third-order valence-electron chi connectivity index (χ3n) is 15.9. The van der Waals surface area contributed by atoms with E-state index in [4.69, 9.17) is 28.1 Å². The molecule has 21 nitrogen and oxygen atoms in total. The second kappa shape index (κ2) is 30.8. The van der Waals surface area contributed by atoms with Crippen LogP contribution in [0.4, 0.5) is 20.3 Å². The maximum atomic E-state index is 14.7. The van der Waals surface area contributed by atoms with Gasteiger partial charge in [-0.1, -0.05) is 51.1 Å². The summed E-state index contributed by atoms with van der Waals surface area (Å²) in [5.41, 5.74) is 4.05. The van der Waals surface area contributed by atoms with Crippen LogP contribution in [0.1, 0.15) is 121 Å². The number of Topliss-reactive ketones (excluding diaryl/α,β-unsaturated/α-hetero) is 1. The Labute approximate surface area is 511 Å². The summed E-state index contributed by atoms with van der Waals surface area (Å²) < 4.78 is 63.7. The monoisotopic (exact) mass is 1210 g/mol. The summed E-state index contributed by atoms with van der Waals surface area (Å²) in [5, 5.41) is 18.5. The summed E-state index contributed by atoms with van der Waals surface area (Å²) in [6, 6.07) is 21.7. The highest BCUT2D eigenvalue weighted by Crippen LogP contribution is 2.38. The van der Waals surface area contributed by atoms with E-state index in [-0.39, 0.29) is 73.0 Å². The van der Waals surface area contributed by atoms with Crippen LogP contribution in [0.2, 0.25) is 0 Å². The van der Waals surface area contributed by atoms with E-state index in [0.29, 0.717) is 93.4 Å². The smallest absolute Gasteiger partial charge is 0.284 e. The van der Waals surface area contributed by atoms with Crippen LogP contribution >= 0.6 is 0 Å². The lowest BCUT2D eigenvalue weighted by atomic mass is 9.78. The average molecular weight is 1220 g/mol. The van der Waals surface area contributed by atoms with Crippen molar-refractivity contribution in [1.29, 1.82) is 0 Å². The van der Waals surface area contributed by atoms with Gasteiger partial charge in [-0.25, -0.2) is 23.4 Å². The number of likely N-dealkylation sites (N-methyl/N-ethyl adjacent to an activating group) is 1. The zero-order chi connectivity index (χ0) is 62.2. The number of rotatable bonds is 32. The highest BCUT2D eigenvalue weighted by Gasteiger charge is 2.43. The van der Waals surface area contributed by atoms with Crippen LogP contribution in [0.3, 0.4) is 0 Å². The number of pyridine rings is 1. The van der Waals surface area contributed by atoms with Crippen LogP contribution in [0.5, 0.6) is 5.75 Å². The van der Waals surface area contributed by atoms with Gasteiger partial charge in [-0.3, -0.25) is 24.0 Å². The van der Waals surface area contributed by atoms with E-state index >= 15 is 0 Å². The molecular formula is C65H80F2N10O11. The molecule has 9 rings (SSSR count). The molecule has 3 aromatic heterocycles. The maximum absolute atomic E-state index is 14.7. The van der Waals surface area contributed by atoms with Gasteiger partial charge in [0.05, 0.1) is 82.5 Å². The number of hydrogen-bond acceptors (Lipinski definition) is 16. The number of aromatic nitrogens is 4. The normalized spacial score (nSPS) is 16.3. The first-order valence-corrected chi connectivity index (χ1v) is 30.2. The molecule has 2 aliphatic carbocycles. The van der Waals surface area contributed by atoms with E-state index in [1.807, 2.05) is 51.1 Å². The molecule has 4 atom stereocenters. The molecule has 0 radical (unpaired) electrons. The number of aryl methyl sites for hydroxylation is 1. The number of carbonyl (C=O) groups is 5. The number of hydrogen-bond donors (Lipinski definition) is 5. The molecule has 5 N–H and O–H groups in total. The fourth-order valence-electron chi connectivity index (χ4n) is 10.6. The molecule has 6 aromatic rings. The van der Waals surface area contributed by atoms with E-state index in [1.165, 1.54) is 47.0 Å². The van der Waals surface area contributed by atoms with Gasteiger partial charge < -0.3 is 59.6 Å². The van der Waals surface area contributed by atoms with Gasteiger partial charge in [-0.15, -0.1) is 0 Å². The summed E-state index contributed by atoms with van der Waals surface area (Å²) in [6.07, 6.45) is 7.00. The number of ether oxygens (including phenoxy) is 5. The second-order valence-corrected chi connectivity index (χ2v) is 23.4. The van der Waals surface area contributed by atoms with Gasteiger partial charge in [-0.2, -0.15) is 5.10 Å². The zero-order valence-electron chi connectivity index (χ0n) is 50.6. The van der Waals surface area contributed by atoms with Gasteiger partial charge in [-0.05, 0) is 134 Å². The first-order valence-electron chi connectivity index (χ1n) is 30.2. The van der Waals surface area contributed by atoms with Crippen LogP contribution in [-0.2, 0) is 52.7 Å². The molecule has 88 heavy (non-hydrogen) atoms. The van der Waals surface area contributed by atoms with Gasteiger partial charge in [0.2, 0.25) is 17.7 Å². The number of amides is 4. The minimum absolute atomic E-state index is 0.0202. The van der Waals surface area contributed by atoms with Crippen LogP contribution in [0, 0.1) is 11.3 Å². The molecule has 1 saturated carbocycles. The van der Waals surface area contributed by atoms with E-state index in [2.05, 4.69) is 53.8 Å². The molecule has 4 heterocycles. The van der Waals surface area contributed by atoms with Gasteiger partial charge in [0.1, 0.15) is 30.5 Å². The number of carbonyl (C=O) groups excluding carboxylic acids is 5. The van der Waals surface area contributed by atoms with Crippen LogP contribution in [0.15, 0.2) is 102 Å². The van der Waals surface area contributed by atoms with Crippen molar-refractivity contribution < 1.29 is 60.9 Å². The number of alkyl halides is 2. The number of benzene rings is 3. The highest BCUT2D eigenvalue weighted by molar-refractivity contribution is 6.03. The van der Waals surface area contributed by atoms with Crippen LogP contribution in [-0.4, -0.2) is 152 Å². The fraction of sp³-hybridized carbons (Fsp3) is 0.477. The largest absolute Gasteiger partial charge is 0.491 e. The van der Waals surface area contributed by atoms with Gasteiger partial charge in [0.25, 0.3) is 18.2 Å². The number of oxazole rings is 1. The third-order valence-corrected chi connectivity index (χ3v) is 15.9. The van der Waals surface area contributed by atoms with E-state index in [9.17, 15) is 32.8 Å². The first kappa shape index (κ1) is 64.5. The lowest BCUT2D eigenvalue weighted by Gasteiger charge is -2.41. The molecule has 3 aliphatic rings. The molecule has 0 unspecified atom stereocenters. The predicted molar refractivity (Wildman–Crippen MR) is 325 cm³/mol. The highest BCUT2D eigenvalue weighted by atomic mass is 19.3. The molecule has 470 valence electrons. The number of nitrogens with zero attached hydrogens (tertiary/aromatic N) is 5. The SMILES string of the molecule is CN[C@@H](C)C(=O)N[C@H](C(=O)N1Cc2cc(OCCOCCOCCOCCOCCNC(=O)c3ccc(-n4cc(NC(=O)c5coc(-c6ccnc(NCC7CC7)c6)n5)c(C(F)F)n4)cc3)ccc2C[C@H]1C(=O)C[C@@H]1CCCc2ccccc21)C(C)(C)C. The Balaban J connectivity index is 0.636. The summed E-state index contributed by atoms with van der Waals surface area (Å²) in [5.74, 6) is 0.472. The topological polar surface area (TPSA) is 252 Å². The van der Waals surface area contributed by atoms with Crippen molar-refractivity contribution in [1.82, 2.24) is 40.6 Å². The predicted octanol–water partition coefficient (Wildman–Crippen LogP) is 8.28. The molecule has 4 amide bonds. The summed E-state index contributed by atoms with van der Waals surface area (Å²) in [4.78, 5) is 78.6. The molecule has 0 saturated heterocycles. The Morgan fingerprint density at radius 1 is 0.807 bits per heavy atom. The summed E-state index contributed by atoms with van der Waals surface area (Å²) in [7, 11) is 1.69. The Hall–Kier alpha value is -7.96. The van der Waals surface area contributed by atoms with Crippen LogP contribution < -0.4 is 31.3 Å². The average Bonchev–Trinajstić information content (AvgIpc) is 2.99. The van der Waals surface area contributed by atoms with Gasteiger partial charge in [0.15, 0.2) is 17.2 Å². The summed E-state index contributed by atoms with van der Waals surface area (Å²) >= 11 is 0. The summed E-state index contributed by atoms with van der Waals surface area (Å²) in [6.45, 7) is 11.6. The van der Waals surface area contributed by atoms with Crippen molar-refractivity contribution in [2.75, 3.05) is 90.2 Å². The van der Waals surface area contributed by atoms with Crippen molar-refractivity contribution in [3.8, 4) is 22.9 Å². The maximum Gasteiger partial charge on any atom is 0.284 e. The zero-order valence-corrected chi connectivity index (χ0v) is 50.6.